The molecule has 0 atom stereocenters. The Kier molecular flexibility index (Phi) is 4.36. The van der Waals surface area contributed by atoms with Crippen molar-refractivity contribution >= 4 is 23.3 Å². The lowest BCUT2D eigenvalue weighted by Crippen LogP contribution is -2.10. The minimum atomic E-state index is -1.25. The number of carbonyl (C=O) groups excluding carboxylic acids is 1. The van der Waals surface area contributed by atoms with Crippen molar-refractivity contribution in [3.63, 3.8) is 0 Å². The first kappa shape index (κ1) is 14.4. The van der Waals surface area contributed by atoms with E-state index in [1.165, 1.54) is 6.07 Å². The molecular formula is C12H12N2O5. The van der Waals surface area contributed by atoms with E-state index in [9.17, 15) is 19.7 Å². The molecule has 0 aliphatic carbocycles. The molecule has 19 heavy (non-hydrogen) atoms. The number of benzene rings is 1. The lowest BCUT2D eigenvalue weighted by molar-refractivity contribution is -0.385. The summed E-state index contributed by atoms with van der Waals surface area (Å²) >= 11 is 0. The highest BCUT2D eigenvalue weighted by molar-refractivity contribution is 6.02. The fraction of sp³-hybridized carbons (Fsp3) is 0.167. The zero-order valence-corrected chi connectivity index (χ0v) is 10.3. The van der Waals surface area contributed by atoms with Gasteiger partial charge in [-0.1, -0.05) is 0 Å². The summed E-state index contributed by atoms with van der Waals surface area (Å²) in [6.07, 6.45) is 1.53. The van der Waals surface area contributed by atoms with Gasteiger partial charge in [-0.3, -0.25) is 14.9 Å². The number of nitro benzene ring substituents is 1. The quantitative estimate of drug-likeness (QED) is 0.489. The molecule has 2 N–H and O–H groups in total. The fourth-order valence-electron chi connectivity index (χ4n) is 1.49. The van der Waals surface area contributed by atoms with Gasteiger partial charge in [-0.2, -0.15) is 0 Å². The Labute approximate surface area is 108 Å². The van der Waals surface area contributed by atoms with Gasteiger partial charge >= 0.3 is 5.97 Å². The molecule has 0 radical (unpaired) electrons. The molecule has 0 saturated carbocycles. The van der Waals surface area contributed by atoms with Crippen LogP contribution >= 0.6 is 0 Å². The van der Waals surface area contributed by atoms with Crippen molar-refractivity contribution in [2.24, 2.45) is 0 Å². The number of hydrogen-bond donors (Lipinski definition) is 2. The van der Waals surface area contributed by atoms with Gasteiger partial charge in [0.2, 0.25) is 5.91 Å². The van der Waals surface area contributed by atoms with Crippen LogP contribution in [0.3, 0.4) is 0 Å². The molecule has 0 saturated heterocycles. The average Bonchev–Trinajstić information content (AvgIpc) is 2.29. The van der Waals surface area contributed by atoms with Crippen LogP contribution in [-0.4, -0.2) is 21.9 Å². The monoisotopic (exact) mass is 264 g/mol. The van der Waals surface area contributed by atoms with Crippen LogP contribution in [0, 0.1) is 24.0 Å². The molecule has 7 nitrogen and oxygen atoms in total. The molecule has 1 aromatic rings. The number of nitrogens with zero attached hydrogens (tertiary/aromatic N) is 1. The van der Waals surface area contributed by atoms with E-state index in [2.05, 4.69) is 5.32 Å². The van der Waals surface area contributed by atoms with Crippen LogP contribution in [0.2, 0.25) is 0 Å². The van der Waals surface area contributed by atoms with E-state index in [0.717, 1.165) is 6.08 Å². The van der Waals surface area contributed by atoms with Crippen LogP contribution in [0.5, 0.6) is 0 Å². The Balaban J connectivity index is 3.01. The first-order chi connectivity index (χ1) is 8.81. The maximum Gasteiger partial charge on any atom is 0.328 e. The summed E-state index contributed by atoms with van der Waals surface area (Å²) in [7, 11) is 0. The number of aryl methyl sites for hydroxylation is 2. The lowest BCUT2D eigenvalue weighted by Gasteiger charge is -2.07. The number of aliphatic carboxylic acids is 1. The van der Waals surface area contributed by atoms with E-state index in [-0.39, 0.29) is 11.4 Å². The Morgan fingerprint density at radius 1 is 1.26 bits per heavy atom. The molecule has 7 heteroatoms. The van der Waals surface area contributed by atoms with Crippen molar-refractivity contribution in [3.8, 4) is 0 Å². The second-order valence-electron chi connectivity index (χ2n) is 3.87. The van der Waals surface area contributed by atoms with Gasteiger partial charge < -0.3 is 10.4 Å². The lowest BCUT2D eigenvalue weighted by atomic mass is 10.1. The van der Waals surface area contributed by atoms with E-state index < -0.39 is 16.8 Å². The zero-order chi connectivity index (χ0) is 14.6. The molecule has 100 valence electrons. The van der Waals surface area contributed by atoms with Gasteiger partial charge in [0.15, 0.2) is 0 Å². The third-order valence-electron chi connectivity index (χ3n) is 2.37. The number of hydrogen-bond acceptors (Lipinski definition) is 4. The standard InChI is InChI=1S/C12H12N2O5/c1-7-5-8(2)10(14(18)19)6-9(7)13-11(15)3-4-12(16)17/h3-6H,1-2H3,(H,13,15)(H,16,17)/b4-3+. The molecule has 0 bridgehead atoms. The molecule has 1 amide bonds. The summed E-state index contributed by atoms with van der Waals surface area (Å²) in [6.45, 7) is 3.29. The van der Waals surface area contributed by atoms with Crippen LogP contribution in [0.4, 0.5) is 11.4 Å². The Bertz CT molecular complexity index is 578. The molecule has 0 aliphatic heterocycles. The molecule has 1 rings (SSSR count). The fourth-order valence-corrected chi connectivity index (χ4v) is 1.49. The van der Waals surface area contributed by atoms with Crippen molar-refractivity contribution in [1.82, 2.24) is 0 Å². The van der Waals surface area contributed by atoms with Gasteiger partial charge in [0.25, 0.3) is 5.69 Å². The normalized spacial score (nSPS) is 10.4. The number of amides is 1. The van der Waals surface area contributed by atoms with Crippen LogP contribution < -0.4 is 5.32 Å². The third kappa shape index (κ3) is 3.91. The van der Waals surface area contributed by atoms with E-state index in [0.29, 0.717) is 17.2 Å². The van der Waals surface area contributed by atoms with Crippen LogP contribution in [0.25, 0.3) is 0 Å². The number of carbonyl (C=O) groups is 2. The molecule has 0 spiro atoms. The minimum Gasteiger partial charge on any atom is -0.478 e. The van der Waals surface area contributed by atoms with Gasteiger partial charge in [-0.25, -0.2) is 4.79 Å². The van der Waals surface area contributed by atoms with Gasteiger partial charge in [0, 0.05) is 23.8 Å². The number of carboxylic acids is 1. The average molecular weight is 264 g/mol. The highest BCUT2D eigenvalue weighted by Crippen LogP contribution is 2.26. The maximum atomic E-state index is 11.4. The van der Waals surface area contributed by atoms with Crippen molar-refractivity contribution < 1.29 is 19.6 Å². The molecular weight excluding hydrogens is 252 g/mol. The summed E-state index contributed by atoms with van der Waals surface area (Å²) in [4.78, 5) is 31.9. The number of rotatable bonds is 4. The molecule has 0 fully saturated rings. The van der Waals surface area contributed by atoms with Gasteiger partial charge in [0.05, 0.1) is 10.6 Å². The second-order valence-corrected chi connectivity index (χ2v) is 3.87. The first-order valence-corrected chi connectivity index (χ1v) is 5.29. The third-order valence-corrected chi connectivity index (χ3v) is 2.37. The van der Waals surface area contributed by atoms with Crippen molar-refractivity contribution in [1.29, 1.82) is 0 Å². The smallest absolute Gasteiger partial charge is 0.328 e. The molecule has 0 unspecified atom stereocenters. The molecule has 1 aromatic carbocycles. The number of nitro groups is 1. The number of carboxylic acid groups (broad SMARTS) is 1. The van der Waals surface area contributed by atoms with E-state index >= 15 is 0 Å². The Morgan fingerprint density at radius 2 is 1.89 bits per heavy atom. The predicted octanol–water partition coefficient (Wildman–Crippen LogP) is 1.79. The summed E-state index contributed by atoms with van der Waals surface area (Å²) < 4.78 is 0. The first-order valence-electron chi connectivity index (χ1n) is 5.29. The topological polar surface area (TPSA) is 110 Å². The highest BCUT2D eigenvalue weighted by Gasteiger charge is 2.14. The Hall–Kier alpha value is -2.70. The number of nitrogens with one attached hydrogen (secondary N) is 1. The van der Waals surface area contributed by atoms with Crippen molar-refractivity contribution in [2.75, 3.05) is 5.32 Å². The molecule has 0 aliphatic rings. The molecule has 0 heterocycles. The van der Waals surface area contributed by atoms with E-state index in [1.807, 2.05) is 0 Å². The summed E-state index contributed by atoms with van der Waals surface area (Å²) in [5, 5.41) is 21.6. The van der Waals surface area contributed by atoms with Gasteiger partial charge in [-0.05, 0) is 25.5 Å². The largest absolute Gasteiger partial charge is 0.478 e. The summed E-state index contributed by atoms with van der Waals surface area (Å²) in [5.74, 6) is -1.91. The van der Waals surface area contributed by atoms with Crippen molar-refractivity contribution in [3.05, 3.63) is 45.5 Å². The zero-order valence-electron chi connectivity index (χ0n) is 10.3. The molecule has 0 aromatic heterocycles. The van der Waals surface area contributed by atoms with Crippen LogP contribution in [-0.2, 0) is 9.59 Å². The predicted molar refractivity (Wildman–Crippen MR) is 68.0 cm³/mol. The van der Waals surface area contributed by atoms with E-state index in [4.69, 9.17) is 5.11 Å². The number of anilines is 1. The van der Waals surface area contributed by atoms with Crippen LogP contribution in [0.1, 0.15) is 11.1 Å². The maximum absolute atomic E-state index is 11.4. The summed E-state index contributed by atoms with van der Waals surface area (Å²) in [5.41, 5.74) is 1.31. The summed E-state index contributed by atoms with van der Waals surface area (Å²) in [6, 6.07) is 2.83. The van der Waals surface area contributed by atoms with Gasteiger partial charge in [0.1, 0.15) is 0 Å². The highest BCUT2D eigenvalue weighted by atomic mass is 16.6. The Morgan fingerprint density at radius 3 is 2.42 bits per heavy atom. The SMILES string of the molecule is Cc1cc(C)c([N+](=O)[O-])cc1NC(=O)/C=C/C(=O)O. The van der Waals surface area contributed by atoms with E-state index in [1.54, 1.807) is 19.9 Å². The minimum absolute atomic E-state index is 0.108. The van der Waals surface area contributed by atoms with Gasteiger partial charge in [-0.15, -0.1) is 0 Å². The van der Waals surface area contributed by atoms with Crippen LogP contribution in [0.15, 0.2) is 24.3 Å². The van der Waals surface area contributed by atoms with Crippen molar-refractivity contribution in [2.45, 2.75) is 13.8 Å². The second kappa shape index (κ2) is 5.76.